The molecule has 6 heteroatoms. The standard InChI is InChI=1S/C15H20F3NO2/c1-2-7-19-10-12-6-8-20-14(12)11-4-3-5-13(9-11)21-15(16,17)18/h3-5,9,12,14,19H,2,6-8,10H2,1H3. The van der Waals surface area contributed by atoms with Gasteiger partial charge in [0.1, 0.15) is 5.75 Å². The molecule has 2 atom stereocenters. The summed E-state index contributed by atoms with van der Waals surface area (Å²) in [7, 11) is 0. The third-order valence-corrected chi connectivity index (χ3v) is 3.47. The van der Waals surface area contributed by atoms with Crippen molar-refractivity contribution in [2.75, 3.05) is 19.7 Å². The summed E-state index contributed by atoms with van der Waals surface area (Å²) in [5.74, 6) is 0.0773. The van der Waals surface area contributed by atoms with Crippen molar-refractivity contribution in [2.45, 2.75) is 32.2 Å². The van der Waals surface area contributed by atoms with Gasteiger partial charge >= 0.3 is 6.36 Å². The van der Waals surface area contributed by atoms with Crippen LogP contribution in [0.25, 0.3) is 0 Å². The number of ether oxygens (including phenoxy) is 2. The van der Waals surface area contributed by atoms with Gasteiger partial charge < -0.3 is 14.8 Å². The van der Waals surface area contributed by atoms with E-state index in [0.717, 1.165) is 31.5 Å². The van der Waals surface area contributed by atoms with E-state index in [1.54, 1.807) is 12.1 Å². The first-order valence-electron chi connectivity index (χ1n) is 7.17. The second-order valence-corrected chi connectivity index (χ2v) is 5.16. The van der Waals surface area contributed by atoms with E-state index in [2.05, 4.69) is 17.0 Å². The SMILES string of the molecule is CCCNCC1CCOC1c1cccc(OC(F)(F)F)c1. The summed E-state index contributed by atoms with van der Waals surface area (Å²) in [6.45, 7) is 4.46. The zero-order valence-electron chi connectivity index (χ0n) is 12.0. The molecular formula is C15H20F3NO2. The van der Waals surface area contributed by atoms with Crippen LogP contribution in [-0.4, -0.2) is 26.1 Å². The molecule has 0 aliphatic carbocycles. The van der Waals surface area contributed by atoms with Gasteiger partial charge in [-0.3, -0.25) is 0 Å². The highest BCUT2D eigenvalue weighted by atomic mass is 19.4. The topological polar surface area (TPSA) is 30.5 Å². The van der Waals surface area contributed by atoms with Crippen molar-refractivity contribution >= 4 is 0 Å². The Kier molecular flexibility index (Phi) is 5.47. The molecule has 21 heavy (non-hydrogen) atoms. The zero-order chi connectivity index (χ0) is 15.3. The third kappa shape index (κ3) is 4.89. The first kappa shape index (κ1) is 16.1. The molecule has 2 unspecified atom stereocenters. The second-order valence-electron chi connectivity index (χ2n) is 5.16. The van der Waals surface area contributed by atoms with E-state index in [4.69, 9.17) is 4.74 Å². The Hall–Kier alpha value is -1.27. The van der Waals surface area contributed by atoms with Crippen LogP contribution in [0.15, 0.2) is 24.3 Å². The number of rotatable bonds is 6. The largest absolute Gasteiger partial charge is 0.573 e. The van der Waals surface area contributed by atoms with Crippen molar-refractivity contribution in [3.05, 3.63) is 29.8 Å². The lowest BCUT2D eigenvalue weighted by Gasteiger charge is -2.20. The molecule has 0 spiro atoms. The normalized spacial score (nSPS) is 22.5. The van der Waals surface area contributed by atoms with Crippen molar-refractivity contribution in [1.29, 1.82) is 0 Å². The maximum Gasteiger partial charge on any atom is 0.573 e. The Morgan fingerprint density at radius 1 is 1.38 bits per heavy atom. The molecular weight excluding hydrogens is 283 g/mol. The predicted octanol–water partition coefficient (Wildman–Crippen LogP) is 3.66. The van der Waals surface area contributed by atoms with Gasteiger partial charge in [-0.15, -0.1) is 13.2 Å². The number of nitrogens with one attached hydrogen (secondary N) is 1. The fourth-order valence-electron chi connectivity index (χ4n) is 2.56. The molecule has 118 valence electrons. The van der Waals surface area contributed by atoms with E-state index >= 15 is 0 Å². The van der Waals surface area contributed by atoms with Gasteiger partial charge in [0.25, 0.3) is 0 Å². The highest BCUT2D eigenvalue weighted by molar-refractivity contribution is 5.31. The van der Waals surface area contributed by atoms with Gasteiger partial charge in [-0.25, -0.2) is 0 Å². The van der Waals surface area contributed by atoms with Gasteiger partial charge in [0.05, 0.1) is 6.10 Å². The molecule has 0 aromatic heterocycles. The van der Waals surface area contributed by atoms with E-state index < -0.39 is 6.36 Å². The van der Waals surface area contributed by atoms with Crippen LogP contribution in [-0.2, 0) is 4.74 Å². The van der Waals surface area contributed by atoms with Crippen molar-refractivity contribution in [3.63, 3.8) is 0 Å². The van der Waals surface area contributed by atoms with E-state index in [1.165, 1.54) is 12.1 Å². The van der Waals surface area contributed by atoms with Crippen LogP contribution < -0.4 is 10.1 Å². The summed E-state index contributed by atoms with van der Waals surface area (Å²) in [6.07, 6.45) is -2.89. The summed E-state index contributed by atoms with van der Waals surface area (Å²) in [6, 6.07) is 6.06. The quantitative estimate of drug-likeness (QED) is 0.814. The number of hydrogen-bond acceptors (Lipinski definition) is 3. The average molecular weight is 303 g/mol. The van der Waals surface area contributed by atoms with E-state index in [0.29, 0.717) is 6.61 Å². The predicted molar refractivity (Wildman–Crippen MR) is 73.1 cm³/mol. The Balaban J connectivity index is 2.04. The highest BCUT2D eigenvalue weighted by Crippen LogP contribution is 2.36. The van der Waals surface area contributed by atoms with Crippen LogP contribution in [0.5, 0.6) is 5.75 Å². The van der Waals surface area contributed by atoms with Crippen LogP contribution in [0.2, 0.25) is 0 Å². The molecule has 0 amide bonds. The molecule has 1 N–H and O–H groups in total. The van der Waals surface area contributed by atoms with Crippen molar-refractivity contribution in [2.24, 2.45) is 5.92 Å². The van der Waals surface area contributed by atoms with Crippen LogP contribution in [0.1, 0.15) is 31.4 Å². The monoisotopic (exact) mass is 303 g/mol. The highest BCUT2D eigenvalue weighted by Gasteiger charge is 2.33. The second kappa shape index (κ2) is 7.13. The molecule has 1 fully saturated rings. The maximum absolute atomic E-state index is 12.3. The summed E-state index contributed by atoms with van der Waals surface area (Å²) < 4.78 is 46.5. The lowest BCUT2D eigenvalue weighted by atomic mass is 9.95. The van der Waals surface area contributed by atoms with Crippen LogP contribution >= 0.6 is 0 Å². The Morgan fingerprint density at radius 3 is 2.90 bits per heavy atom. The van der Waals surface area contributed by atoms with Gasteiger partial charge in [-0.05, 0) is 37.1 Å². The zero-order valence-corrected chi connectivity index (χ0v) is 12.0. The van der Waals surface area contributed by atoms with Gasteiger partial charge in [-0.1, -0.05) is 19.1 Å². The lowest BCUT2D eigenvalue weighted by molar-refractivity contribution is -0.274. The minimum Gasteiger partial charge on any atom is -0.406 e. The van der Waals surface area contributed by atoms with E-state index in [1.807, 2.05) is 0 Å². The average Bonchev–Trinajstić information content (AvgIpc) is 2.86. The molecule has 1 saturated heterocycles. The fraction of sp³-hybridized carbons (Fsp3) is 0.600. The van der Waals surface area contributed by atoms with Gasteiger partial charge in [0.2, 0.25) is 0 Å². The molecule has 1 aromatic rings. The van der Waals surface area contributed by atoms with Crippen LogP contribution in [0.4, 0.5) is 13.2 Å². The molecule has 2 rings (SSSR count). The van der Waals surface area contributed by atoms with Gasteiger partial charge in [0.15, 0.2) is 0 Å². The Labute approximate surface area is 122 Å². The summed E-state index contributed by atoms with van der Waals surface area (Å²) in [4.78, 5) is 0. The first-order chi connectivity index (χ1) is 9.99. The van der Waals surface area contributed by atoms with Gasteiger partial charge in [0, 0.05) is 19.1 Å². The molecule has 0 radical (unpaired) electrons. The van der Waals surface area contributed by atoms with Crippen molar-refractivity contribution in [1.82, 2.24) is 5.32 Å². The molecule has 3 nitrogen and oxygen atoms in total. The molecule has 1 aliphatic rings. The molecule has 1 aliphatic heterocycles. The van der Waals surface area contributed by atoms with Crippen molar-refractivity contribution < 1.29 is 22.6 Å². The number of alkyl halides is 3. The Morgan fingerprint density at radius 2 is 2.19 bits per heavy atom. The molecule has 1 heterocycles. The van der Waals surface area contributed by atoms with E-state index in [-0.39, 0.29) is 17.8 Å². The smallest absolute Gasteiger partial charge is 0.406 e. The van der Waals surface area contributed by atoms with E-state index in [9.17, 15) is 13.2 Å². The summed E-state index contributed by atoms with van der Waals surface area (Å²) >= 11 is 0. The Bertz CT molecular complexity index is 451. The molecule has 0 bridgehead atoms. The minimum absolute atomic E-state index is 0.175. The number of halogens is 3. The number of benzene rings is 1. The fourth-order valence-corrected chi connectivity index (χ4v) is 2.56. The molecule has 0 saturated carbocycles. The summed E-state index contributed by atoms with van der Waals surface area (Å²) in [5, 5.41) is 3.34. The third-order valence-electron chi connectivity index (χ3n) is 3.47. The van der Waals surface area contributed by atoms with Crippen molar-refractivity contribution in [3.8, 4) is 5.75 Å². The van der Waals surface area contributed by atoms with Crippen LogP contribution in [0.3, 0.4) is 0 Å². The maximum atomic E-state index is 12.3. The molecule has 1 aromatic carbocycles. The number of hydrogen-bond donors (Lipinski definition) is 1. The minimum atomic E-state index is -4.67. The lowest BCUT2D eigenvalue weighted by Crippen LogP contribution is -2.25. The summed E-state index contributed by atoms with van der Waals surface area (Å²) in [5.41, 5.74) is 0.734. The van der Waals surface area contributed by atoms with Gasteiger partial charge in [-0.2, -0.15) is 0 Å². The van der Waals surface area contributed by atoms with Crippen LogP contribution in [0, 0.1) is 5.92 Å². The first-order valence-corrected chi connectivity index (χ1v) is 7.17.